The lowest BCUT2D eigenvalue weighted by molar-refractivity contribution is 0.560. The molecule has 0 aliphatic heterocycles. The van der Waals surface area contributed by atoms with Crippen molar-refractivity contribution in [3.63, 3.8) is 0 Å². The van der Waals surface area contributed by atoms with Crippen LogP contribution >= 0.6 is 0 Å². The quantitative estimate of drug-likeness (QED) is 0.202. The lowest BCUT2D eigenvalue weighted by Crippen LogP contribution is -2.38. The summed E-state index contributed by atoms with van der Waals surface area (Å²) >= 11 is 0. The highest BCUT2D eigenvalue weighted by Crippen LogP contribution is 2.51. The van der Waals surface area contributed by atoms with Crippen molar-refractivity contribution in [3.8, 4) is 33.4 Å². The lowest BCUT2D eigenvalue weighted by atomic mass is 9.81. The standard InChI is InChI=1S/C43H41N/c1-28-26-39-37(34-19-13-14-22-38(34)43(39,6)7)27-36(28)33-24-25-41(35-20-12-11-18-32(33)35)44(42(3,4)5)40-23-15-21-31(29(40)2)30-16-9-8-10-17-30/h8-27H,1-7H3/i1D3. The minimum absolute atomic E-state index is 0.253. The van der Waals surface area contributed by atoms with Crippen LogP contribution in [-0.4, -0.2) is 5.54 Å². The van der Waals surface area contributed by atoms with Crippen LogP contribution in [0.2, 0.25) is 0 Å². The second kappa shape index (κ2) is 10.2. The second-order valence-corrected chi connectivity index (χ2v) is 13.6. The molecule has 0 heterocycles. The molecule has 0 aromatic heterocycles. The van der Waals surface area contributed by atoms with E-state index in [1.54, 1.807) is 0 Å². The fourth-order valence-corrected chi connectivity index (χ4v) is 7.33. The zero-order valence-electron chi connectivity index (χ0n) is 29.5. The van der Waals surface area contributed by atoms with Gasteiger partial charge >= 0.3 is 0 Å². The molecule has 0 atom stereocenters. The van der Waals surface area contributed by atoms with E-state index in [0.29, 0.717) is 5.56 Å². The molecule has 0 N–H and O–H groups in total. The molecule has 1 nitrogen and oxygen atoms in total. The topological polar surface area (TPSA) is 3.24 Å². The molecule has 0 bridgehead atoms. The molecule has 1 aliphatic carbocycles. The number of rotatable bonds is 4. The number of benzene rings is 6. The molecule has 0 unspecified atom stereocenters. The van der Waals surface area contributed by atoms with Gasteiger partial charge in [-0.3, -0.25) is 0 Å². The summed E-state index contributed by atoms with van der Waals surface area (Å²) in [6.45, 7) is 11.1. The minimum Gasteiger partial charge on any atom is -0.335 e. The fraction of sp³-hybridized carbons (Fsp3) is 0.209. The summed E-state index contributed by atoms with van der Waals surface area (Å²) in [5, 5.41) is 2.12. The van der Waals surface area contributed by atoms with Gasteiger partial charge < -0.3 is 4.90 Å². The first-order valence-electron chi connectivity index (χ1n) is 17.0. The van der Waals surface area contributed by atoms with Gasteiger partial charge in [-0.2, -0.15) is 0 Å². The molecule has 1 heteroatoms. The van der Waals surface area contributed by atoms with Crippen molar-refractivity contribution in [3.05, 3.63) is 144 Å². The second-order valence-electron chi connectivity index (χ2n) is 13.6. The van der Waals surface area contributed by atoms with E-state index < -0.39 is 6.85 Å². The van der Waals surface area contributed by atoms with E-state index in [1.165, 1.54) is 27.8 Å². The van der Waals surface area contributed by atoms with E-state index in [1.807, 2.05) is 6.07 Å². The molecule has 0 fully saturated rings. The number of hydrogen-bond acceptors (Lipinski definition) is 1. The molecular weight excluding hydrogens is 530 g/mol. The maximum atomic E-state index is 8.67. The van der Waals surface area contributed by atoms with Crippen molar-refractivity contribution in [2.24, 2.45) is 0 Å². The smallest absolute Gasteiger partial charge is 0.0495 e. The molecule has 1 aliphatic rings. The molecule has 0 spiro atoms. The van der Waals surface area contributed by atoms with Crippen LogP contribution in [0, 0.1) is 13.8 Å². The first-order valence-corrected chi connectivity index (χ1v) is 15.5. The van der Waals surface area contributed by atoms with Gasteiger partial charge in [-0.05, 0) is 114 Å². The summed E-state index contributed by atoms with van der Waals surface area (Å²) in [5.74, 6) is 0. The first-order chi connectivity index (χ1) is 22.3. The van der Waals surface area contributed by atoms with Crippen LogP contribution < -0.4 is 4.90 Å². The molecule has 0 radical (unpaired) electrons. The van der Waals surface area contributed by atoms with E-state index >= 15 is 0 Å². The van der Waals surface area contributed by atoms with E-state index in [2.05, 4.69) is 162 Å². The van der Waals surface area contributed by atoms with Gasteiger partial charge in [0.2, 0.25) is 0 Å². The van der Waals surface area contributed by atoms with E-state index in [4.69, 9.17) is 4.11 Å². The predicted octanol–water partition coefficient (Wildman–Crippen LogP) is 12.0. The summed E-state index contributed by atoms with van der Waals surface area (Å²) in [6.07, 6.45) is 0. The Morgan fingerprint density at radius 2 is 1.25 bits per heavy atom. The van der Waals surface area contributed by atoms with Crippen LogP contribution in [0.5, 0.6) is 0 Å². The van der Waals surface area contributed by atoms with Gasteiger partial charge in [0, 0.05) is 31.8 Å². The van der Waals surface area contributed by atoms with Crippen molar-refractivity contribution < 1.29 is 4.11 Å². The van der Waals surface area contributed by atoms with Crippen LogP contribution in [0.3, 0.4) is 0 Å². The van der Waals surface area contributed by atoms with Gasteiger partial charge in [0.25, 0.3) is 0 Å². The number of nitrogens with zero attached hydrogens (tertiary/aromatic N) is 1. The number of fused-ring (bicyclic) bond motifs is 4. The summed E-state index contributed by atoms with van der Waals surface area (Å²) in [4.78, 5) is 2.44. The maximum absolute atomic E-state index is 8.67. The third-order valence-corrected chi connectivity index (χ3v) is 9.46. The zero-order chi connectivity index (χ0) is 33.3. The summed E-state index contributed by atoms with van der Waals surface area (Å²) in [7, 11) is 0. The van der Waals surface area contributed by atoms with Crippen molar-refractivity contribution in [1.29, 1.82) is 0 Å². The SMILES string of the molecule is [2H]C([2H])([2H])c1cc2c(cc1-c1ccc(N(c3cccc(-c4ccccc4)c3C)C(C)(C)C)c3ccccc13)-c1ccccc1C2(C)C. The Morgan fingerprint density at radius 3 is 2.00 bits per heavy atom. The monoisotopic (exact) mass is 574 g/mol. The molecule has 0 saturated heterocycles. The normalized spacial score (nSPS) is 14.8. The van der Waals surface area contributed by atoms with Gasteiger partial charge in [0.1, 0.15) is 0 Å². The van der Waals surface area contributed by atoms with E-state index in [0.717, 1.165) is 44.4 Å². The Bertz CT molecular complexity index is 2150. The van der Waals surface area contributed by atoms with Gasteiger partial charge in [-0.15, -0.1) is 0 Å². The molecule has 6 aromatic rings. The van der Waals surface area contributed by atoms with Crippen LogP contribution in [0.25, 0.3) is 44.2 Å². The Labute approximate surface area is 267 Å². The Hall–Kier alpha value is -4.62. The highest BCUT2D eigenvalue weighted by molar-refractivity contribution is 6.06. The highest BCUT2D eigenvalue weighted by Gasteiger charge is 2.36. The lowest BCUT2D eigenvalue weighted by Gasteiger charge is -2.40. The highest BCUT2D eigenvalue weighted by atomic mass is 15.2. The van der Waals surface area contributed by atoms with Gasteiger partial charge in [-0.1, -0.05) is 117 Å². The molecule has 0 amide bonds. The molecule has 6 aromatic carbocycles. The van der Waals surface area contributed by atoms with Crippen molar-refractivity contribution >= 4 is 22.1 Å². The summed E-state index contributed by atoms with van der Waals surface area (Å²) < 4.78 is 26.0. The van der Waals surface area contributed by atoms with Crippen LogP contribution in [0.4, 0.5) is 11.4 Å². The summed E-state index contributed by atoms with van der Waals surface area (Å²) in [6, 6.07) is 42.4. The fourth-order valence-electron chi connectivity index (χ4n) is 7.33. The number of aryl methyl sites for hydroxylation is 1. The van der Waals surface area contributed by atoms with Crippen molar-refractivity contribution in [2.75, 3.05) is 4.90 Å². The van der Waals surface area contributed by atoms with E-state index in [-0.39, 0.29) is 11.0 Å². The molecular formula is C43H41N. The van der Waals surface area contributed by atoms with Crippen molar-refractivity contribution in [2.45, 2.75) is 59.3 Å². The van der Waals surface area contributed by atoms with E-state index in [9.17, 15) is 0 Å². The molecule has 44 heavy (non-hydrogen) atoms. The zero-order valence-corrected chi connectivity index (χ0v) is 26.5. The van der Waals surface area contributed by atoms with Gasteiger partial charge in [0.15, 0.2) is 0 Å². The number of hydrogen-bond donors (Lipinski definition) is 0. The molecule has 7 rings (SSSR count). The third-order valence-electron chi connectivity index (χ3n) is 9.46. The third kappa shape index (κ3) is 4.37. The Balaban J connectivity index is 1.47. The average Bonchev–Trinajstić information content (AvgIpc) is 3.26. The first kappa shape index (κ1) is 24.8. The maximum Gasteiger partial charge on any atom is 0.0495 e. The largest absolute Gasteiger partial charge is 0.335 e. The van der Waals surface area contributed by atoms with Crippen LogP contribution in [0.15, 0.2) is 121 Å². The Morgan fingerprint density at radius 1 is 0.568 bits per heavy atom. The van der Waals surface area contributed by atoms with Crippen LogP contribution in [0.1, 0.15) is 61.0 Å². The summed E-state index contributed by atoms with van der Waals surface area (Å²) in [5.41, 5.74) is 12.0. The van der Waals surface area contributed by atoms with Crippen molar-refractivity contribution in [1.82, 2.24) is 0 Å². The predicted molar refractivity (Wildman–Crippen MR) is 190 cm³/mol. The minimum atomic E-state index is -2.28. The molecule has 0 saturated carbocycles. The van der Waals surface area contributed by atoms with Gasteiger partial charge in [-0.25, -0.2) is 0 Å². The average molecular weight is 575 g/mol. The number of anilines is 2. The van der Waals surface area contributed by atoms with Gasteiger partial charge in [0.05, 0.1) is 0 Å². The van der Waals surface area contributed by atoms with Crippen LogP contribution in [-0.2, 0) is 5.41 Å². The molecule has 218 valence electrons. The Kier molecular flexibility index (Phi) is 5.77.